The lowest BCUT2D eigenvalue weighted by Crippen LogP contribution is -2.52. The van der Waals surface area contributed by atoms with Crippen LogP contribution in [0.4, 0.5) is 5.82 Å². The number of halogens is 1. The van der Waals surface area contributed by atoms with E-state index >= 15 is 0 Å². The lowest BCUT2D eigenvalue weighted by molar-refractivity contribution is 0.0803. The summed E-state index contributed by atoms with van der Waals surface area (Å²) < 4.78 is 0. The summed E-state index contributed by atoms with van der Waals surface area (Å²) in [5.74, 6) is 1.28. The van der Waals surface area contributed by atoms with Crippen molar-refractivity contribution in [3.63, 3.8) is 0 Å². The molecule has 1 aromatic heterocycles. The van der Waals surface area contributed by atoms with E-state index in [1.807, 2.05) is 43.0 Å². The number of guanidine groups is 1. The van der Waals surface area contributed by atoms with Gasteiger partial charge in [0.1, 0.15) is 5.82 Å². The molecule has 0 bridgehead atoms. The lowest BCUT2D eigenvalue weighted by Gasteiger charge is -2.35. The monoisotopic (exact) mass is 329 g/mol. The predicted molar refractivity (Wildman–Crippen MR) is 88.8 cm³/mol. The Hall–Kier alpha value is -2.34. The van der Waals surface area contributed by atoms with E-state index < -0.39 is 0 Å². The SMILES string of the molecule is C[C@@H]1N=C2N(Cc3ccc(Cl)cc3)c3[nH]cnc3C(=O)N2[C@H]1C. The van der Waals surface area contributed by atoms with Crippen molar-refractivity contribution in [1.29, 1.82) is 0 Å². The molecule has 0 unspecified atom stereocenters. The van der Waals surface area contributed by atoms with Crippen molar-refractivity contribution in [3.8, 4) is 0 Å². The van der Waals surface area contributed by atoms with Crippen LogP contribution in [0.3, 0.4) is 0 Å². The average Bonchev–Trinajstić information content (AvgIpc) is 3.12. The first-order valence-electron chi connectivity index (χ1n) is 7.53. The summed E-state index contributed by atoms with van der Waals surface area (Å²) in [6, 6.07) is 7.75. The number of benzene rings is 1. The maximum absolute atomic E-state index is 12.7. The maximum atomic E-state index is 12.7. The van der Waals surface area contributed by atoms with E-state index in [0.29, 0.717) is 29.0 Å². The Morgan fingerprint density at radius 3 is 2.74 bits per heavy atom. The summed E-state index contributed by atoms with van der Waals surface area (Å²) in [6.07, 6.45) is 1.55. The van der Waals surface area contributed by atoms with Gasteiger partial charge in [0.2, 0.25) is 5.96 Å². The molecular formula is C16H16ClN5O. The number of H-pyrrole nitrogens is 1. The second-order valence-corrected chi connectivity index (χ2v) is 6.33. The summed E-state index contributed by atoms with van der Waals surface area (Å²) >= 11 is 5.96. The smallest absolute Gasteiger partial charge is 0.283 e. The number of anilines is 1. The van der Waals surface area contributed by atoms with Crippen LogP contribution >= 0.6 is 11.6 Å². The third-order valence-electron chi connectivity index (χ3n) is 4.45. The second-order valence-electron chi connectivity index (χ2n) is 5.90. The number of imidazole rings is 1. The molecule has 2 atom stereocenters. The summed E-state index contributed by atoms with van der Waals surface area (Å²) in [4.78, 5) is 28.4. The van der Waals surface area contributed by atoms with E-state index in [1.54, 1.807) is 11.2 Å². The van der Waals surface area contributed by atoms with Gasteiger partial charge in [-0.2, -0.15) is 0 Å². The standard InChI is InChI=1S/C16H16ClN5O/c1-9-10(2)22-15(23)13-14(19-8-18-13)21(16(22)20-9)7-11-3-5-12(17)6-4-11/h3-6,8-10H,7H2,1-2H3,(H,18,19)/t9-,10-/m0/s1. The van der Waals surface area contributed by atoms with E-state index in [-0.39, 0.29) is 18.0 Å². The zero-order valence-electron chi connectivity index (χ0n) is 12.8. The Balaban J connectivity index is 1.77. The molecule has 1 aromatic carbocycles. The Kier molecular flexibility index (Phi) is 3.16. The number of hydrogen-bond donors (Lipinski definition) is 1. The number of nitrogens with zero attached hydrogens (tertiary/aromatic N) is 4. The zero-order valence-corrected chi connectivity index (χ0v) is 13.6. The van der Waals surface area contributed by atoms with Gasteiger partial charge in [-0.3, -0.25) is 14.6 Å². The highest BCUT2D eigenvalue weighted by Gasteiger charge is 2.44. The molecule has 0 saturated carbocycles. The number of amides is 1. The molecule has 1 amide bonds. The number of carbonyl (C=O) groups excluding carboxylic acids is 1. The van der Waals surface area contributed by atoms with Gasteiger partial charge in [0.15, 0.2) is 5.69 Å². The Labute approximate surface area is 138 Å². The van der Waals surface area contributed by atoms with E-state index in [0.717, 1.165) is 5.56 Å². The van der Waals surface area contributed by atoms with Crippen LogP contribution in [-0.2, 0) is 6.54 Å². The number of fused-ring (bicyclic) bond motifs is 2. The molecule has 6 nitrogen and oxygen atoms in total. The van der Waals surface area contributed by atoms with Crippen molar-refractivity contribution in [2.24, 2.45) is 4.99 Å². The van der Waals surface area contributed by atoms with Crippen molar-refractivity contribution in [2.75, 3.05) is 4.90 Å². The van der Waals surface area contributed by atoms with Crippen LogP contribution in [0, 0.1) is 0 Å². The largest absolute Gasteiger partial charge is 0.330 e. The maximum Gasteiger partial charge on any atom is 0.283 e. The molecule has 2 aliphatic heterocycles. The van der Waals surface area contributed by atoms with Crippen molar-refractivity contribution >= 4 is 29.3 Å². The van der Waals surface area contributed by atoms with Crippen LogP contribution in [0.2, 0.25) is 5.02 Å². The summed E-state index contributed by atoms with van der Waals surface area (Å²) in [6.45, 7) is 4.62. The van der Waals surface area contributed by atoms with E-state index in [4.69, 9.17) is 11.6 Å². The fourth-order valence-corrected chi connectivity index (χ4v) is 3.14. The molecule has 7 heteroatoms. The van der Waals surface area contributed by atoms with E-state index in [9.17, 15) is 4.79 Å². The van der Waals surface area contributed by atoms with Gasteiger partial charge in [0.05, 0.1) is 25.0 Å². The quantitative estimate of drug-likeness (QED) is 0.921. The van der Waals surface area contributed by atoms with Gasteiger partial charge in [-0.25, -0.2) is 9.98 Å². The molecule has 2 aliphatic rings. The van der Waals surface area contributed by atoms with Gasteiger partial charge in [-0.05, 0) is 31.5 Å². The number of aromatic nitrogens is 2. The number of aliphatic imine (C=N–C) groups is 1. The minimum Gasteiger partial charge on any atom is -0.330 e. The minimum atomic E-state index is -0.0933. The number of nitrogens with one attached hydrogen (secondary N) is 1. The van der Waals surface area contributed by atoms with Crippen LogP contribution in [0.15, 0.2) is 35.6 Å². The first-order chi connectivity index (χ1) is 11.1. The fraction of sp³-hybridized carbons (Fsp3) is 0.312. The normalized spacial score (nSPS) is 22.9. The van der Waals surface area contributed by atoms with Gasteiger partial charge >= 0.3 is 0 Å². The highest BCUT2D eigenvalue weighted by molar-refractivity contribution is 6.30. The summed E-state index contributed by atoms with van der Waals surface area (Å²) in [5.41, 5.74) is 1.53. The number of carbonyl (C=O) groups is 1. The highest BCUT2D eigenvalue weighted by Crippen LogP contribution is 2.32. The Bertz CT molecular complexity index is 797. The third-order valence-corrected chi connectivity index (χ3v) is 4.70. The molecule has 0 radical (unpaired) electrons. The third kappa shape index (κ3) is 2.13. The van der Waals surface area contributed by atoms with E-state index in [2.05, 4.69) is 15.0 Å². The van der Waals surface area contributed by atoms with Crippen molar-refractivity contribution in [2.45, 2.75) is 32.5 Å². The van der Waals surface area contributed by atoms with Crippen LogP contribution in [0.25, 0.3) is 0 Å². The van der Waals surface area contributed by atoms with Gasteiger partial charge < -0.3 is 4.98 Å². The zero-order chi connectivity index (χ0) is 16.1. The molecule has 0 fully saturated rings. The molecule has 0 spiro atoms. The number of aromatic amines is 1. The summed E-state index contributed by atoms with van der Waals surface area (Å²) in [5, 5.41) is 0.701. The highest BCUT2D eigenvalue weighted by atomic mass is 35.5. The molecule has 23 heavy (non-hydrogen) atoms. The van der Waals surface area contributed by atoms with Crippen LogP contribution in [0.1, 0.15) is 29.9 Å². The molecular weight excluding hydrogens is 314 g/mol. The minimum absolute atomic E-state index is 0.0232. The summed E-state index contributed by atoms with van der Waals surface area (Å²) in [7, 11) is 0. The van der Waals surface area contributed by atoms with Crippen LogP contribution < -0.4 is 4.90 Å². The van der Waals surface area contributed by atoms with Crippen molar-refractivity contribution < 1.29 is 4.79 Å². The molecule has 1 N–H and O–H groups in total. The topological polar surface area (TPSA) is 64.6 Å². The molecule has 4 rings (SSSR count). The fourth-order valence-electron chi connectivity index (χ4n) is 3.01. The van der Waals surface area contributed by atoms with Gasteiger partial charge in [0, 0.05) is 5.02 Å². The Morgan fingerprint density at radius 2 is 2.00 bits per heavy atom. The van der Waals surface area contributed by atoms with Crippen LogP contribution in [0.5, 0.6) is 0 Å². The van der Waals surface area contributed by atoms with Gasteiger partial charge in [0.25, 0.3) is 5.91 Å². The Morgan fingerprint density at radius 1 is 1.26 bits per heavy atom. The average molecular weight is 330 g/mol. The molecule has 3 heterocycles. The number of hydrogen-bond acceptors (Lipinski definition) is 4. The lowest BCUT2D eigenvalue weighted by atomic mass is 10.1. The molecule has 0 aliphatic carbocycles. The molecule has 0 saturated heterocycles. The second kappa shape index (κ2) is 5.09. The molecule has 118 valence electrons. The van der Waals surface area contributed by atoms with Crippen LogP contribution in [-0.4, -0.2) is 38.8 Å². The number of rotatable bonds is 2. The van der Waals surface area contributed by atoms with Crippen molar-refractivity contribution in [1.82, 2.24) is 14.9 Å². The van der Waals surface area contributed by atoms with E-state index in [1.165, 1.54) is 0 Å². The molecule has 2 aromatic rings. The predicted octanol–water partition coefficient (Wildman–Crippen LogP) is 2.67. The first-order valence-corrected chi connectivity index (χ1v) is 7.91. The van der Waals surface area contributed by atoms with Crippen molar-refractivity contribution in [3.05, 3.63) is 46.9 Å². The first kappa shape index (κ1) is 14.3. The van der Waals surface area contributed by atoms with Gasteiger partial charge in [-0.1, -0.05) is 23.7 Å². The van der Waals surface area contributed by atoms with Gasteiger partial charge in [-0.15, -0.1) is 0 Å².